The van der Waals surface area contributed by atoms with E-state index in [0.717, 1.165) is 12.0 Å². The number of hydrogen-bond acceptors (Lipinski definition) is 3. The summed E-state index contributed by atoms with van der Waals surface area (Å²) in [5.41, 5.74) is 1.53. The Morgan fingerprint density at radius 3 is 2.68 bits per heavy atom. The molecule has 3 heteroatoms. The molecule has 0 aliphatic heterocycles. The Hall–Kier alpha value is -1.77. The second-order valence-electron chi connectivity index (χ2n) is 5.86. The van der Waals surface area contributed by atoms with Gasteiger partial charge in [-0.15, -0.1) is 0 Å². The summed E-state index contributed by atoms with van der Waals surface area (Å²) in [6.45, 7) is 9.90. The van der Waals surface area contributed by atoms with Gasteiger partial charge in [-0.1, -0.05) is 57.7 Å². The van der Waals surface area contributed by atoms with Crippen LogP contribution in [0.1, 0.15) is 31.9 Å². The van der Waals surface area contributed by atoms with Gasteiger partial charge in [-0.3, -0.25) is 0 Å². The quantitative estimate of drug-likeness (QED) is 0.612. The molecule has 102 valence electrons. The summed E-state index contributed by atoms with van der Waals surface area (Å²) in [6.07, 6.45) is 1.62. The highest BCUT2D eigenvalue weighted by Crippen LogP contribution is 2.53. The van der Waals surface area contributed by atoms with Gasteiger partial charge in [-0.2, -0.15) is 0 Å². The number of benzene rings is 1. The number of ether oxygens (including phenoxy) is 2. The molecule has 0 radical (unpaired) electrons. The summed E-state index contributed by atoms with van der Waals surface area (Å²) >= 11 is 0. The fraction of sp³-hybridized carbons (Fsp3) is 0.438. The lowest BCUT2D eigenvalue weighted by atomic mass is 9.60. The van der Waals surface area contributed by atoms with Gasteiger partial charge in [-0.25, -0.2) is 4.79 Å². The number of rotatable bonds is 3. The number of carbonyl (C=O) groups is 1. The molecule has 0 N–H and O–H groups in total. The van der Waals surface area contributed by atoms with Crippen LogP contribution in [-0.2, 0) is 21.5 Å². The van der Waals surface area contributed by atoms with Gasteiger partial charge >= 0.3 is 6.16 Å². The van der Waals surface area contributed by atoms with Gasteiger partial charge in [0.2, 0.25) is 0 Å². The lowest BCUT2D eigenvalue weighted by molar-refractivity contribution is -0.115. The van der Waals surface area contributed by atoms with Crippen LogP contribution in [-0.4, -0.2) is 12.8 Å². The third-order valence-electron chi connectivity index (χ3n) is 3.68. The van der Waals surface area contributed by atoms with E-state index in [0.29, 0.717) is 0 Å². The van der Waals surface area contributed by atoms with Crippen LogP contribution >= 0.6 is 0 Å². The Morgan fingerprint density at radius 1 is 1.42 bits per heavy atom. The van der Waals surface area contributed by atoms with Crippen molar-refractivity contribution in [1.82, 2.24) is 0 Å². The molecular weight excluding hydrogens is 240 g/mol. The predicted octanol–water partition coefficient (Wildman–Crippen LogP) is 3.82. The van der Waals surface area contributed by atoms with Crippen molar-refractivity contribution in [3.63, 3.8) is 0 Å². The summed E-state index contributed by atoms with van der Waals surface area (Å²) in [6, 6.07) is 8.06. The zero-order chi connectivity index (χ0) is 14.1. The van der Waals surface area contributed by atoms with Crippen LogP contribution in [0.3, 0.4) is 0 Å². The summed E-state index contributed by atoms with van der Waals surface area (Å²) in [5, 5.41) is 0. The predicted molar refractivity (Wildman–Crippen MR) is 73.9 cm³/mol. The minimum atomic E-state index is -0.635. The minimum absolute atomic E-state index is 0.167. The monoisotopic (exact) mass is 260 g/mol. The molecule has 0 aromatic heterocycles. The minimum Gasteiger partial charge on any atom is -0.430 e. The third-order valence-corrected chi connectivity index (χ3v) is 3.68. The fourth-order valence-electron chi connectivity index (χ4n) is 2.54. The fourth-order valence-corrected chi connectivity index (χ4v) is 2.54. The van der Waals surface area contributed by atoms with Gasteiger partial charge in [0.05, 0.1) is 0 Å². The van der Waals surface area contributed by atoms with Crippen LogP contribution in [0.4, 0.5) is 4.79 Å². The van der Waals surface area contributed by atoms with Crippen LogP contribution in [0.2, 0.25) is 0 Å². The van der Waals surface area contributed by atoms with Gasteiger partial charge in [0.15, 0.2) is 0 Å². The first-order valence-corrected chi connectivity index (χ1v) is 6.46. The maximum atomic E-state index is 11.8. The van der Waals surface area contributed by atoms with Crippen LogP contribution in [0.5, 0.6) is 0 Å². The standard InChI is InChI=1S/C16H20O3/c1-5-10-18-14(17)19-16(15(2,3)4)11-12-8-6-7-9-13(12)16/h5-9H,1,10-11H2,2-4H3. The number of carbonyl (C=O) groups excluding carboxylic acids is 1. The molecule has 2 rings (SSSR count). The number of fused-ring (bicyclic) bond motifs is 1. The molecular formula is C16H20O3. The Balaban J connectivity index is 2.26. The Bertz CT molecular complexity index is 499. The maximum absolute atomic E-state index is 11.8. The summed E-state index contributed by atoms with van der Waals surface area (Å²) in [4.78, 5) is 11.8. The first-order valence-electron chi connectivity index (χ1n) is 6.46. The van der Waals surface area contributed by atoms with Crippen LogP contribution in [0.15, 0.2) is 36.9 Å². The lowest BCUT2D eigenvalue weighted by Crippen LogP contribution is -2.52. The highest BCUT2D eigenvalue weighted by atomic mass is 16.7. The van der Waals surface area contributed by atoms with E-state index in [4.69, 9.17) is 9.47 Å². The van der Waals surface area contributed by atoms with Crippen molar-refractivity contribution in [2.45, 2.75) is 32.8 Å². The SMILES string of the molecule is C=CCOC(=O)OC1(C(C)(C)C)Cc2ccccc21. The molecule has 1 aromatic carbocycles. The van der Waals surface area contributed by atoms with E-state index in [-0.39, 0.29) is 12.0 Å². The van der Waals surface area contributed by atoms with Crippen molar-refractivity contribution < 1.29 is 14.3 Å². The smallest absolute Gasteiger partial charge is 0.430 e. The molecule has 0 heterocycles. The molecule has 0 saturated heterocycles. The zero-order valence-corrected chi connectivity index (χ0v) is 11.7. The van der Waals surface area contributed by atoms with E-state index in [2.05, 4.69) is 33.4 Å². The topological polar surface area (TPSA) is 35.5 Å². The Morgan fingerprint density at radius 2 is 2.11 bits per heavy atom. The van der Waals surface area contributed by atoms with E-state index in [1.807, 2.05) is 18.2 Å². The van der Waals surface area contributed by atoms with Crippen molar-refractivity contribution in [3.05, 3.63) is 48.0 Å². The van der Waals surface area contributed by atoms with E-state index in [1.54, 1.807) is 0 Å². The number of hydrogen-bond donors (Lipinski definition) is 0. The second-order valence-corrected chi connectivity index (χ2v) is 5.86. The molecule has 0 spiro atoms. The molecule has 0 amide bonds. The van der Waals surface area contributed by atoms with Gasteiger partial charge in [0, 0.05) is 11.8 Å². The highest BCUT2D eigenvalue weighted by Gasteiger charge is 2.54. The molecule has 1 aliphatic carbocycles. The van der Waals surface area contributed by atoms with Crippen molar-refractivity contribution in [2.75, 3.05) is 6.61 Å². The van der Waals surface area contributed by atoms with E-state index in [9.17, 15) is 4.79 Å². The molecule has 0 saturated carbocycles. The summed E-state index contributed by atoms with van der Waals surface area (Å²) in [5.74, 6) is 0. The van der Waals surface area contributed by atoms with Crippen LogP contribution in [0.25, 0.3) is 0 Å². The van der Waals surface area contributed by atoms with Crippen molar-refractivity contribution in [3.8, 4) is 0 Å². The van der Waals surface area contributed by atoms with E-state index >= 15 is 0 Å². The maximum Gasteiger partial charge on any atom is 0.509 e. The molecule has 3 nitrogen and oxygen atoms in total. The molecule has 0 bridgehead atoms. The van der Waals surface area contributed by atoms with Gasteiger partial charge in [0.25, 0.3) is 0 Å². The molecule has 0 fully saturated rings. The van der Waals surface area contributed by atoms with Gasteiger partial charge in [-0.05, 0) is 11.1 Å². The first kappa shape index (κ1) is 13.7. The normalized spacial score (nSPS) is 21.0. The average molecular weight is 260 g/mol. The Kier molecular flexibility index (Phi) is 3.40. The third kappa shape index (κ3) is 2.25. The molecule has 1 aliphatic rings. The highest BCUT2D eigenvalue weighted by molar-refractivity contribution is 5.63. The van der Waals surface area contributed by atoms with E-state index < -0.39 is 11.8 Å². The van der Waals surface area contributed by atoms with Crippen molar-refractivity contribution >= 4 is 6.16 Å². The molecule has 1 aromatic rings. The summed E-state index contributed by atoms with van der Waals surface area (Å²) < 4.78 is 10.6. The second kappa shape index (κ2) is 4.72. The molecule has 1 atom stereocenters. The van der Waals surface area contributed by atoms with Gasteiger partial charge < -0.3 is 9.47 Å². The summed E-state index contributed by atoms with van der Waals surface area (Å²) in [7, 11) is 0. The van der Waals surface area contributed by atoms with Crippen LogP contribution < -0.4 is 0 Å². The average Bonchev–Trinajstić information content (AvgIpc) is 2.31. The lowest BCUT2D eigenvalue weighted by Gasteiger charge is -2.51. The molecule has 1 unspecified atom stereocenters. The van der Waals surface area contributed by atoms with E-state index in [1.165, 1.54) is 11.6 Å². The molecule has 19 heavy (non-hydrogen) atoms. The van der Waals surface area contributed by atoms with Crippen molar-refractivity contribution in [1.29, 1.82) is 0 Å². The largest absolute Gasteiger partial charge is 0.509 e. The van der Waals surface area contributed by atoms with Gasteiger partial charge in [0.1, 0.15) is 12.2 Å². The van der Waals surface area contributed by atoms with Crippen molar-refractivity contribution in [2.24, 2.45) is 5.41 Å². The zero-order valence-electron chi connectivity index (χ0n) is 11.7. The Labute approximate surface area is 114 Å². The van der Waals surface area contributed by atoms with Crippen LogP contribution in [0, 0.1) is 5.41 Å². The first-order chi connectivity index (χ1) is 8.90.